The van der Waals surface area contributed by atoms with Crippen LogP contribution in [0.5, 0.6) is 11.5 Å². The van der Waals surface area contributed by atoms with Crippen LogP contribution in [0.3, 0.4) is 0 Å². The second-order valence-electron chi connectivity index (χ2n) is 5.17. The zero-order valence-electron chi connectivity index (χ0n) is 11.9. The van der Waals surface area contributed by atoms with Crippen molar-refractivity contribution in [3.05, 3.63) is 53.1 Å². The minimum Gasteiger partial charge on any atom is -0.490 e. The Kier molecular flexibility index (Phi) is 3.52. The molecular weight excluding hydrogens is 266 g/mol. The molecule has 0 amide bonds. The monoisotopic (exact) mass is 283 g/mol. The maximum absolute atomic E-state index is 12.6. The number of ketones is 1. The van der Waals surface area contributed by atoms with Crippen LogP contribution < -0.4 is 15.2 Å². The molecule has 0 bridgehead atoms. The molecular formula is C17H17NO3. The van der Waals surface area contributed by atoms with Gasteiger partial charge in [-0.15, -0.1) is 0 Å². The van der Waals surface area contributed by atoms with Gasteiger partial charge in [0.15, 0.2) is 17.3 Å². The lowest BCUT2D eigenvalue weighted by Crippen LogP contribution is -2.04. The van der Waals surface area contributed by atoms with Crippen molar-refractivity contribution in [3.8, 4) is 11.5 Å². The van der Waals surface area contributed by atoms with Gasteiger partial charge >= 0.3 is 0 Å². The van der Waals surface area contributed by atoms with Gasteiger partial charge in [0.2, 0.25) is 0 Å². The van der Waals surface area contributed by atoms with Gasteiger partial charge in [0.25, 0.3) is 0 Å². The van der Waals surface area contributed by atoms with Crippen LogP contribution in [0.1, 0.15) is 27.9 Å². The van der Waals surface area contributed by atoms with E-state index in [0.717, 1.165) is 12.0 Å². The Bertz CT molecular complexity index is 674. The number of benzene rings is 2. The molecule has 2 aromatic carbocycles. The zero-order chi connectivity index (χ0) is 14.8. The summed E-state index contributed by atoms with van der Waals surface area (Å²) in [5.74, 6) is 1.24. The molecule has 0 spiro atoms. The van der Waals surface area contributed by atoms with Gasteiger partial charge in [0, 0.05) is 23.2 Å². The predicted octanol–water partition coefficient (Wildman–Crippen LogP) is 2.97. The molecule has 0 radical (unpaired) electrons. The quantitative estimate of drug-likeness (QED) is 0.680. The van der Waals surface area contributed by atoms with Crippen molar-refractivity contribution in [3.63, 3.8) is 0 Å². The summed E-state index contributed by atoms with van der Waals surface area (Å²) in [5, 5.41) is 0. The van der Waals surface area contributed by atoms with Crippen molar-refractivity contribution in [2.45, 2.75) is 13.3 Å². The molecule has 0 saturated carbocycles. The van der Waals surface area contributed by atoms with Gasteiger partial charge in [-0.3, -0.25) is 4.79 Å². The Morgan fingerprint density at radius 2 is 1.76 bits per heavy atom. The van der Waals surface area contributed by atoms with Crippen LogP contribution in [0.25, 0.3) is 0 Å². The number of anilines is 1. The van der Waals surface area contributed by atoms with E-state index in [1.54, 1.807) is 24.3 Å². The molecule has 2 N–H and O–H groups in total. The lowest BCUT2D eigenvalue weighted by Gasteiger charge is -2.09. The molecule has 1 heterocycles. The van der Waals surface area contributed by atoms with Crippen LogP contribution in [0.4, 0.5) is 5.69 Å². The van der Waals surface area contributed by atoms with E-state index >= 15 is 0 Å². The van der Waals surface area contributed by atoms with Gasteiger partial charge in [-0.05, 0) is 48.9 Å². The van der Waals surface area contributed by atoms with E-state index in [0.29, 0.717) is 41.5 Å². The molecule has 21 heavy (non-hydrogen) atoms. The summed E-state index contributed by atoms with van der Waals surface area (Å²) < 4.78 is 11.2. The predicted molar refractivity (Wildman–Crippen MR) is 81.1 cm³/mol. The second kappa shape index (κ2) is 5.48. The number of hydrogen-bond acceptors (Lipinski definition) is 4. The molecule has 4 nitrogen and oxygen atoms in total. The van der Waals surface area contributed by atoms with Gasteiger partial charge < -0.3 is 15.2 Å². The number of hydrogen-bond donors (Lipinski definition) is 1. The number of carbonyl (C=O) groups is 1. The molecule has 0 saturated heterocycles. The third-order valence-electron chi connectivity index (χ3n) is 3.37. The van der Waals surface area contributed by atoms with Crippen molar-refractivity contribution >= 4 is 11.5 Å². The summed E-state index contributed by atoms with van der Waals surface area (Å²) in [5.41, 5.74) is 8.52. The lowest BCUT2D eigenvalue weighted by atomic mass is 10.0. The van der Waals surface area contributed by atoms with Gasteiger partial charge in [0.1, 0.15) is 0 Å². The van der Waals surface area contributed by atoms with Crippen LogP contribution in [0, 0.1) is 6.92 Å². The molecule has 3 rings (SSSR count). The number of ether oxygens (including phenoxy) is 2. The van der Waals surface area contributed by atoms with E-state index in [1.807, 2.05) is 19.1 Å². The summed E-state index contributed by atoms with van der Waals surface area (Å²) in [4.78, 5) is 12.6. The highest BCUT2D eigenvalue weighted by molar-refractivity contribution is 6.09. The number of nitrogen functional groups attached to an aromatic ring is 1. The van der Waals surface area contributed by atoms with E-state index in [-0.39, 0.29) is 5.78 Å². The van der Waals surface area contributed by atoms with Gasteiger partial charge in [-0.2, -0.15) is 0 Å². The average molecular weight is 283 g/mol. The maximum atomic E-state index is 12.6. The van der Waals surface area contributed by atoms with Crippen LogP contribution in [0.2, 0.25) is 0 Å². The Hall–Kier alpha value is -2.49. The van der Waals surface area contributed by atoms with Crippen LogP contribution in [-0.2, 0) is 0 Å². The van der Waals surface area contributed by atoms with E-state index in [2.05, 4.69) is 0 Å². The molecule has 0 unspecified atom stereocenters. The molecule has 0 aliphatic carbocycles. The summed E-state index contributed by atoms with van der Waals surface area (Å²) >= 11 is 0. The first-order valence-electron chi connectivity index (χ1n) is 6.95. The molecule has 0 aromatic heterocycles. The molecule has 0 atom stereocenters. The van der Waals surface area contributed by atoms with Gasteiger partial charge in [0.05, 0.1) is 13.2 Å². The number of fused-ring (bicyclic) bond motifs is 1. The Morgan fingerprint density at radius 3 is 2.52 bits per heavy atom. The Labute approximate surface area is 123 Å². The van der Waals surface area contributed by atoms with E-state index < -0.39 is 0 Å². The number of aryl methyl sites for hydroxylation is 1. The summed E-state index contributed by atoms with van der Waals surface area (Å²) in [6, 6.07) is 10.6. The summed E-state index contributed by atoms with van der Waals surface area (Å²) in [6.45, 7) is 3.15. The fraction of sp³-hybridized carbons (Fsp3) is 0.235. The number of carbonyl (C=O) groups excluding carboxylic acids is 1. The van der Waals surface area contributed by atoms with E-state index in [9.17, 15) is 4.79 Å². The first-order chi connectivity index (χ1) is 10.1. The third-order valence-corrected chi connectivity index (χ3v) is 3.37. The summed E-state index contributed by atoms with van der Waals surface area (Å²) in [7, 11) is 0. The fourth-order valence-corrected chi connectivity index (χ4v) is 2.42. The van der Waals surface area contributed by atoms with Crippen LogP contribution in [-0.4, -0.2) is 19.0 Å². The molecule has 1 aliphatic heterocycles. The number of rotatable bonds is 2. The minimum atomic E-state index is -0.0685. The zero-order valence-corrected chi connectivity index (χ0v) is 11.9. The lowest BCUT2D eigenvalue weighted by molar-refractivity contribution is 0.103. The second-order valence-corrected chi connectivity index (χ2v) is 5.17. The topological polar surface area (TPSA) is 61.6 Å². The maximum Gasteiger partial charge on any atom is 0.193 e. The first kappa shape index (κ1) is 13.5. The average Bonchev–Trinajstić information content (AvgIpc) is 2.69. The van der Waals surface area contributed by atoms with Crippen molar-refractivity contribution in [1.82, 2.24) is 0 Å². The van der Waals surface area contributed by atoms with Crippen molar-refractivity contribution < 1.29 is 14.3 Å². The van der Waals surface area contributed by atoms with E-state index in [4.69, 9.17) is 15.2 Å². The number of nitrogens with two attached hydrogens (primary N) is 1. The van der Waals surface area contributed by atoms with Gasteiger partial charge in [-0.25, -0.2) is 0 Å². The highest BCUT2D eigenvalue weighted by Gasteiger charge is 2.15. The third kappa shape index (κ3) is 2.84. The molecule has 1 aliphatic rings. The largest absolute Gasteiger partial charge is 0.490 e. The smallest absolute Gasteiger partial charge is 0.193 e. The summed E-state index contributed by atoms with van der Waals surface area (Å²) in [6.07, 6.45) is 0.840. The first-order valence-corrected chi connectivity index (χ1v) is 6.95. The van der Waals surface area contributed by atoms with Crippen LogP contribution >= 0.6 is 0 Å². The van der Waals surface area contributed by atoms with Crippen LogP contribution in [0.15, 0.2) is 36.4 Å². The molecule has 2 aromatic rings. The fourth-order valence-electron chi connectivity index (χ4n) is 2.42. The van der Waals surface area contributed by atoms with Gasteiger partial charge in [-0.1, -0.05) is 0 Å². The minimum absolute atomic E-state index is 0.0685. The highest BCUT2D eigenvalue weighted by atomic mass is 16.5. The van der Waals surface area contributed by atoms with Crippen molar-refractivity contribution in [2.24, 2.45) is 0 Å². The van der Waals surface area contributed by atoms with E-state index in [1.165, 1.54) is 0 Å². The van der Waals surface area contributed by atoms with Crippen molar-refractivity contribution in [1.29, 1.82) is 0 Å². The Morgan fingerprint density at radius 1 is 1.00 bits per heavy atom. The molecule has 0 fully saturated rings. The molecule has 4 heteroatoms. The Balaban J connectivity index is 1.96. The molecule has 108 valence electrons. The highest BCUT2D eigenvalue weighted by Crippen LogP contribution is 2.31. The normalized spacial score (nSPS) is 13.6. The SMILES string of the molecule is Cc1cc(N)cc(C(=O)c2ccc3c(c2)OCCCO3)c1. The standard InChI is InChI=1S/C17H17NO3/c1-11-7-13(9-14(18)8-11)17(19)12-3-4-15-16(10-12)21-6-2-5-20-15/h3-4,7-10H,2,5-6,18H2,1H3. The van der Waals surface area contributed by atoms with Crippen molar-refractivity contribution in [2.75, 3.05) is 18.9 Å².